The Morgan fingerprint density at radius 3 is 2.40 bits per heavy atom. The minimum absolute atomic E-state index is 0.177. The van der Waals surface area contributed by atoms with Crippen molar-refractivity contribution in [2.24, 2.45) is 0 Å². The fourth-order valence-corrected chi connectivity index (χ4v) is 2.32. The zero-order valence-corrected chi connectivity index (χ0v) is 12.6. The van der Waals surface area contributed by atoms with Gasteiger partial charge >= 0.3 is 0 Å². The van der Waals surface area contributed by atoms with Gasteiger partial charge in [-0.15, -0.1) is 0 Å². The summed E-state index contributed by atoms with van der Waals surface area (Å²) in [4.78, 5) is 0. The first-order valence-corrected chi connectivity index (χ1v) is 7.06. The Balaban J connectivity index is 2.45. The largest absolute Gasteiger partial charge is 0.310 e. The number of hydrogen-bond acceptors (Lipinski definition) is 1. The molecule has 0 bridgehead atoms. The Bertz CT molecular complexity index is 582. The van der Waals surface area contributed by atoms with Gasteiger partial charge in [0.15, 0.2) is 0 Å². The molecule has 1 nitrogen and oxygen atoms in total. The van der Waals surface area contributed by atoms with Gasteiger partial charge in [0, 0.05) is 12.6 Å². The molecule has 2 aromatic rings. The molecule has 0 amide bonds. The molecule has 0 aliphatic rings. The molecule has 1 N–H and O–H groups in total. The lowest BCUT2D eigenvalue weighted by Crippen LogP contribution is -2.22. The fourth-order valence-electron chi connectivity index (χ4n) is 2.32. The standard InChI is InChI=1S/C18H22FN/c1-12(2)20-11-15-6-5-13(3)9-18(15)16-7-14(4)8-17(19)10-16/h5-10,12,20H,11H2,1-4H3. The SMILES string of the molecule is Cc1cc(F)cc(-c2cc(C)ccc2CNC(C)C)c1. The summed E-state index contributed by atoms with van der Waals surface area (Å²) in [5.41, 5.74) is 5.40. The molecule has 0 fully saturated rings. The molecule has 0 unspecified atom stereocenters. The summed E-state index contributed by atoms with van der Waals surface area (Å²) in [5.74, 6) is -0.177. The average Bonchev–Trinajstić information content (AvgIpc) is 2.36. The van der Waals surface area contributed by atoms with E-state index in [1.54, 1.807) is 12.1 Å². The van der Waals surface area contributed by atoms with E-state index < -0.39 is 0 Å². The van der Waals surface area contributed by atoms with Gasteiger partial charge in [-0.25, -0.2) is 4.39 Å². The van der Waals surface area contributed by atoms with Gasteiger partial charge in [-0.3, -0.25) is 0 Å². The van der Waals surface area contributed by atoms with Crippen molar-refractivity contribution < 1.29 is 4.39 Å². The van der Waals surface area contributed by atoms with Crippen LogP contribution in [0.1, 0.15) is 30.5 Å². The van der Waals surface area contributed by atoms with Gasteiger partial charge in [-0.1, -0.05) is 43.7 Å². The Morgan fingerprint density at radius 2 is 1.75 bits per heavy atom. The van der Waals surface area contributed by atoms with Crippen LogP contribution in [0.2, 0.25) is 0 Å². The summed E-state index contributed by atoms with van der Waals surface area (Å²) in [6.07, 6.45) is 0. The van der Waals surface area contributed by atoms with Crippen LogP contribution in [0.5, 0.6) is 0 Å². The van der Waals surface area contributed by atoms with E-state index in [2.05, 4.69) is 44.3 Å². The Kier molecular flexibility index (Phi) is 4.56. The highest BCUT2D eigenvalue weighted by atomic mass is 19.1. The zero-order chi connectivity index (χ0) is 14.7. The van der Waals surface area contributed by atoms with Crippen LogP contribution in [0, 0.1) is 19.7 Å². The summed E-state index contributed by atoms with van der Waals surface area (Å²) in [7, 11) is 0. The predicted octanol–water partition coefficient (Wildman–Crippen LogP) is 4.61. The second-order valence-electron chi connectivity index (χ2n) is 5.71. The fraction of sp³-hybridized carbons (Fsp3) is 0.333. The lowest BCUT2D eigenvalue weighted by Gasteiger charge is -2.14. The second kappa shape index (κ2) is 6.19. The van der Waals surface area contributed by atoms with E-state index in [1.807, 2.05) is 13.0 Å². The normalized spacial score (nSPS) is 11.1. The molecule has 0 radical (unpaired) electrons. The van der Waals surface area contributed by atoms with Crippen LogP contribution in [0.3, 0.4) is 0 Å². The summed E-state index contributed by atoms with van der Waals surface area (Å²) in [6.45, 7) is 9.03. The van der Waals surface area contributed by atoms with Gasteiger partial charge in [0.2, 0.25) is 0 Å². The number of hydrogen-bond donors (Lipinski definition) is 1. The van der Waals surface area contributed by atoms with Crippen LogP contribution in [0.4, 0.5) is 4.39 Å². The first-order chi connectivity index (χ1) is 9.45. The number of halogens is 1. The molecular formula is C18H22FN. The molecule has 106 valence electrons. The maximum atomic E-state index is 13.6. The van der Waals surface area contributed by atoms with Gasteiger partial charge in [0.25, 0.3) is 0 Å². The maximum Gasteiger partial charge on any atom is 0.124 e. The summed E-state index contributed by atoms with van der Waals surface area (Å²) in [6, 6.07) is 12.0. The molecule has 0 atom stereocenters. The first kappa shape index (κ1) is 14.7. The van der Waals surface area contributed by atoms with E-state index >= 15 is 0 Å². The van der Waals surface area contributed by atoms with Gasteiger partial charge in [0.1, 0.15) is 5.82 Å². The molecule has 2 heteroatoms. The van der Waals surface area contributed by atoms with Crippen molar-refractivity contribution in [1.82, 2.24) is 5.32 Å². The monoisotopic (exact) mass is 271 g/mol. The van der Waals surface area contributed by atoms with Gasteiger partial charge in [0.05, 0.1) is 0 Å². The topological polar surface area (TPSA) is 12.0 Å². The lowest BCUT2D eigenvalue weighted by atomic mass is 9.96. The predicted molar refractivity (Wildman–Crippen MR) is 83.3 cm³/mol. The minimum Gasteiger partial charge on any atom is -0.310 e. The second-order valence-corrected chi connectivity index (χ2v) is 5.71. The summed E-state index contributed by atoms with van der Waals surface area (Å²) >= 11 is 0. The van der Waals surface area contributed by atoms with Crippen molar-refractivity contribution in [3.8, 4) is 11.1 Å². The van der Waals surface area contributed by atoms with Crippen molar-refractivity contribution in [2.45, 2.75) is 40.3 Å². The molecule has 0 aliphatic carbocycles. The van der Waals surface area contributed by atoms with Crippen LogP contribution in [-0.2, 0) is 6.54 Å². The van der Waals surface area contributed by atoms with E-state index in [-0.39, 0.29) is 5.82 Å². The van der Waals surface area contributed by atoms with Gasteiger partial charge in [-0.2, -0.15) is 0 Å². The van der Waals surface area contributed by atoms with Crippen LogP contribution in [0.25, 0.3) is 11.1 Å². The van der Waals surface area contributed by atoms with Crippen LogP contribution < -0.4 is 5.32 Å². The van der Waals surface area contributed by atoms with Crippen LogP contribution in [0.15, 0.2) is 36.4 Å². The van der Waals surface area contributed by atoms with Crippen molar-refractivity contribution >= 4 is 0 Å². The van der Waals surface area contributed by atoms with Crippen molar-refractivity contribution in [1.29, 1.82) is 0 Å². The number of aryl methyl sites for hydroxylation is 2. The highest BCUT2D eigenvalue weighted by Crippen LogP contribution is 2.27. The van der Waals surface area contributed by atoms with Crippen molar-refractivity contribution in [2.75, 3.05) is 0 Å². The Hall–Kier alpha value is -1.67. The van der Waals surface area contributed by atoms with E-state index in [4.69, 9.17) is 0 Å². The smallest absolute Gasteiger partial charge is 0.124 e. The van der Waals surface area contributed by atoms with E-state index in [0.29, 0.717) is 6.04 Å². The molecular weight excluding hydrogens is 249 g/mol. The number of nitrogens with one attached hydrogen (secondary N) is 1. The molecule has 0 heterocycles. The summed E-state index contributed by atoms with van der Waals surface area (Å²) < 4.78 is 13.6. The van der Waals surface area contributed by atoms with Crippen molar-refractivity contribution in [3.63, 3.8) is 0 Å². The Labute approximate surface area is 120 Å². The maximum absolute atomic E-state index is 13.6. The number of benzene rings is 2. The number of rotatable bonds is 4. The molecule has 0 saturated carbocycles. The quantitative estimate of drug-likeness (QED) is 0.856. The minimum atomic E-state index is -0.177. The van der Waals surface area contributed by atoms with Gasteiger partial charge < -0.3 is 5.32 Å². The third-order valence-corrected chi connectivity index (χ3v) is 3.32. The third kappa shape index (κ3) is 3.67. The lowest BCUT2D eigenvalue weighted by molar-refractivity contribution is 0.589. The highest BCUT2D eigenvalue weighted by Gasteiger charge is 2.08. The van der Waals surface area contributed by atoms with E-state index in [9.17, 15) is 4.39 Å². The van der Waals surface area contributed by atoms with Crippen LogP contribution in [-0.4, -0.2) is 6.04 Å². The molecule has 0 spiro atoms. The average molecular weight is 271 g/mol. The molecule has 2 rings (SSSR count). The molecule has 20 heavy (non-hydrogen) atoms. The third-order valence-electron chi connectivity index (χ3n) is 3.32. The molecule has 0 aliphatic heterocycles. The summed E-state index contributed by atoms with van der Waals surface area (Å²) in [5, 5.41) is 3.43. The molecule has 0 saturated heterocycles. The van der Waals surface area contributed by atoms with Crippen molar-refractivity contribution in [3.05, 3.63) is 58.9 Å². The molecule has 0 aromatic heterocycles. The Morgan fingerprint density at radius 1 is 1.00 bits per heavy atom. The molecule has 2 aromatic carbocycles. The van der Waals surface area contributed by atoms with Gasteiger partial charge in [-0.05, 0) is 48.2 Å². The highest BCUT2D eigenvalue weighted by molar-refractivity contribution is 5.69. The van der Waals surface area contributed by atoms with E-state index in [1.165, 1.54) is 11.1 Å². The van der Waals surface area contributed by atoms with Crippen LogP contribution >= 0.6 is 0 Å². The van der Waals surface area contributed by atoms with E-state index in [0.717, 1.165) is 23.2 Å². The first-order valence-electron chi connectivity index (χ1n) is 7.06. The zero-order valence-electron chi connectivity index (χ0n) is 12.6.